The number of hydrogen-bond donors (Lipinski definition) is 0. The highest BCUT2D eigenvalue weighted by molar-refractivity contribution is 6.07. The Balaban J connectivity index is 2.05. The summed E-state index contributed by atoms with van der Waals surface area (Å²) in [6.07, 6.45) is 9.08. The molecular formula is C18H28O4. The lowest BCUT2D eigenvalue weighted by atomic mass is 9.65. The Morgan fingerprint density at radius 3 is 2.73 bits per heavy atom. The molecule has 0 radical (unpaired) electrons. The summed E-state index contributed by atoms with van der Waals surface area (Å²) in [5.74, 6) is -0.353. The first-order valence-electron chi connectivity index (χ1n) is 8.91. The Kier molecular flexibility index (Phi) is 4.32. The van der Waals surface area contributed by atoms with Crippen LogP contribution in [0.5, 0.6) is 0 Å². The van der Waals surface area contributed by atoms with Gasteiger partial charge in [-0.1, -0.05) is 39.0 Å². The van der Waals surface area contributed by atoms with Crippen molar-refractivity contribution in [1.29, 1.82) is 0 Å². The summed E-state index contributed by atoms with van der Waals surface area (Å²) in [4.78, 5) is 26.0. The molecule has 2 saturated heterocycles. The Morgan fingerprint density at radius 2 is 2.00 bits per heavy atom. The summed E-state index contributed by atoms with van der Waals surface area (Å²) < 4.78 is 11.5. The summed E-state index contributed by atoms with van der Waals surface area (Å²) >= 11 is 0. The smallest absolute Gasteiger partial charge is 0.322 e. The highest BCUT2D eigenvalue weighted by Gasteiger charge is 2.67. The molecule has 4 heteroatoms. The third-order valence-electron chi connectivity index (χ3n) is 6.18. The summed E-state index contributed by atoms with van der Waals surface area (Å²) in [5, 5.41) is 0. The predicted molar refractivity (Wildman–Crippen MR) is 82.4 cm³/mol. The van der Waals surface area contributed by atoms with Crippen molar-refractivity contribution < 1.29 is 19.1 Å². The molecule has 22 heavy (non-hydrogen) atoms. The van der Waals surface area contributed by atoms with Crippen LogP contribution < -0.4 is 0 Å². The minimum Gasteiger partial charge on any atom is -0.468 e. The SMILES string of the molecule is CCC[C@]12CCC(O1)[C@]1(C(=O)OC)CCCCCC[C@H]2C1=O. The van der Waals surface area contributed by atoms with Gasteiger partial charge >= 0.3 is 5.97 Å². The number of carbonyl (C=O) groups is 2. The molecule has 3 aliphatic rings. The van der Waals surface area contributed by atoms with Crippen molar-refractivity contribution in [3.63, 3.8) is 0 Å². The second kappa shape index (κ2) is 5.95. The molecule has 124 valence electrons. The first kappa shape index (κ1) is 16.0. The fourth-order valence-electron chi connectivity index (χ4n) is 5.17. The number of Topliss-reactive ketones (excluding diaryl/α,β-unsaturated/α-hetero) is 1. The van der Waals surface area contributed by atoms with Gasteiger partial charge in [0.25, 0.3) is 0 Å². The van der Waals surface area contributed by atoms with E-state index in [-0.39, 0.29) is 29.4 Å². The summed E-state index contributed by atoms with van der Waals surface area (Å²) in [5.41, 5.74) is -1.34. The molecule has 1 saturated carbocycles. The normalized spacial score (nSPS) is 41.5. The maximum atomic E-state index is 13.4. The molecule has 4 atom stereocenters. The van der Waals surface area contributed by atoms with Gasteiger partial charge in [0.15, 0.2) is 11.2 Å². The van der Waals surface area contributed by atoms with Gasteiger partial charge in [0.05, 0.1) is 18.8 Å². The van der Waals surface area contributed by atoms with E-state index in [4.69, 9.17) is 9.47 Å². The van der Waals surface area contributed by atoms with Gasteiger partial charge in [-0.05, 0) is 32.1 Å². The van der Waals surface area contributed by atoms with Crippen molar-refractivity contribution in [2.75, 3.05) is 7.11 Å². The van der Waals surface area contributed by atoms with Crippen LogP contribution in [0.2, 0.25) is 0 Å². The average Bonchev–Trinajstić information content (AvgIpc) is 2.91. The number of carbonyl (C=O) groups excluding carboxylic acids is 2. The molecule has 2 heterocycles. The molecule has 4 bridgehead atoms. The van der Waals surface area contributed by atoms with E-state index in [1.54, 1.807) is 0 Å². The van der Waals surface area contributed by atoms with Crippen molar-refractivity contribution in [1.82, 2.24) is 0 Å². The fourth-order valence-corrected chi connectivity index (χ4v) is 5.17. The molecule has 3 rings (SSSR count). The van der Waals surface area contributed by atoms with Crippen LogP contribution in [-0.4, -0.2) is 30.6 Å². The molecular weight excluding hydrogens is 280 g/mol. The van der Waals surface area contributed by atoms with Crippen molar-refractivity contribution in [2.24, 2.45) is 11.3 Å². The van der Waals surface area contributed by atoms with Crippen LogP contribution in [0.4, 0.5) is 0 Å². The molecule has 0 amide bonds. The summed E-state index contributed by atoms with van der Waals surface area (Å²) in [7, 11) is 1.40. The van der Waals surface area contributed by atoms with E-state index in [1.807, 2.05) is 0 Å². The molecule has 0 spiro atoms. The van der Waals surface area contributed by atoms with E-state index < -0.39 is 5.41 Å². The van der Waals surface area contributed by atoms with Gasteiger partial charge in [0.2, 0.25) is 0 Å². The van der Waals surface area contributed by atoms with Crippen LogP contribution in [-0.2, 0) is 19.1 Å². The van der Waals surface area contributed by atoms with E-state index >= 15 is 0 Å². The number of ether oxygens (including phenoxy) is 2. The van der Waals surface area contributed by atoms with Crippen LogP contribution in [0, 0.1) is 11.3 Å². The van der Waals surface area contributed by atoms with Gasteiger partial charge in [-0.2, -0.15) is 0 Å². The quantitative estimate of drug-likeness (QED) is 0.592. The van der Waals surface area contributed by atoms with Gasteiger partial charge in [-0.3, -0.25) is 9.59 Å². The van der Waals surface area contributed by atoms with E-state index in [1.165, 1.54) is 7.11 Å². The highest BCUT2D eigenvalue weighted by atomic mass is 16.5. The average molecular weight is 308 g/mol. The standard InChI is InChI=1S/C18H28O4/c1-3-10-17-12-9-14(22-17)18(16(20)21-2)11-7-5-4-6-8-13(17)15(18)19/h13-14H,3-12H2,1-2H3/t13-,14?,17+,18+/m0/s1. The molecule has 0 aromatic rings. The van der Waals surface area contributed by atoms with Crippen LogP contribution in [0.3, 0.4) is 0 Å². The lowest BCUT2D eigenvalue weighted by molar-refractivity contribution is -0.201. The molecule has 0 aromatic carbocycles. The van der Waals surface area contributed by atoms with Gasteiger partial charge in [0, 0.05) is 5.92 Å². The van der Waals surface area contributed by atoms with Crippen LogP contribution in [0.25, 0.3) is 0 Å². The van der Waals surface area contributed by atoms with Crippen molar-refractivity contribution in [3.8, 4) is 0 Å². The molecule has 0 aromatic heterocycles. The minimum absolute atomic E-state index is 0.122. The number of methoxy groups -OCH3 is 1. The molecule has 2 aliphatic heterocycles. The Labute approximate surface area is 132 Å². The first-order valence-corrected chi connectivity index (χ1v) is 8.91. The zero-order valence-corrected chi connectivity index (χ0v) is 13.9. The Bertz CT molecular complexity index is 460. The number of rotatable bonds is 3. The molecule has 3 fully saturated rings. The van der Waals surface area contributed by atoms with Gasteiger partial charge in [-0.25, -0.2) is 0 Å². The first-order chi connectivity index (χ1) is 10.6. The van der Waals surface area contributed by atoms with Crippen molar-refractivity contribution >= 4 is 11.8 Å². The number of esters is 1. The second-order valence-corrected chi connectivity index (χ2v) is 7.29. The maximum absolute atomic E-state index is 13.4. The number of fused-ring (bicyclic) bond motifs is 6. The monoisotopic (exact) mass is 308 g/mol. The zero-order valence-electron chi connectivity index (χ0n) is 13.9. The van der Waals surface area contributed by atoms with Gasteiger partial charge < -0.3 is 9.47 Å². The largest absolute Gasteiger partial charge is 0.468 e. The van der Waals surface area contributed by atoms with Crippen LogP contribution >= 0.6 is 0 Å². The molecule has 0 N–H and O–H groups in total. The Hall–Kier alpha value is -0.900. The third-order valence-corrected chi connectivity index (χ3v) is 6.18. The fraction of sp³-hybridized carbons (Fsp3) is 0.889. The van der Waals surface area contributed by atoms with Crippen molar-refractivity contribution in [2.45, 2.75) is 82.8 Å². The predicted octanol–water partition coefficient (Wildman–Crippen LogP) is 3.42. The minimum atomic E-state index is -1.03. The number of ketones is 1. The van der Waals surface area contributed by atoms with E-state index in [0.717, 1.165) is 57.8 Å². The maximum Gasteiger partial charge on any atom is 0.322 e. The van der Waals surface area contributed by atoms with Gasteiger partial charge in [-0.15, -0.1) is 0 Å². The third kappa shape index (κ3) is 2.14. The lowest BCUT2D eigenvalue weighted by Gasteiger charge is -2.47. The number of hydrogen-bond acceptors (Lipinski definition) is 4. The molecule has 1 unspecified atom stereocenters. The van der Waals surface area contributed by atoms with Crippen molar-refractivity contribution in [3.05, 3.63) is 0 Å². The second-order valence-electron chi connectivity index (χ2n) is 7.29. The summed E-state index contributed by atoms with van der Waals surface area (Å²) in [6.45, 7) is 2.15. The zero-order chi connectivity index (χ0) is 15.8. The van der Waals surface area contributed by atoms with Crippen LogP contribution in [0.1, 0.15) is 71.1 Å². The van der Waals surface area contributed by atoms with E-state index in [2.05, 4.69) is 6.92 Å². The Morgan fingerprint density at radius 1 is 1.23 bits per heavy atom. The lowest BCUT2D eigenvalue weighted by Crippen LogP contribution is -2.60. The molecule has 4 nitrogen and oxygen atoms in total. The van der Waals surface area contributed by atoms with E-state index in [0.29, 0.717) is 6.42 Å². The molecule has 1 aliphatic carbocycles. The van der Waals surface area contributed by atoms with E-state index in [9.17, 15) is 9.59 Å². The summed E-state index contributed by atoms with van der Waals surface area (Å²) in [6, 6.07) is 0. The van der Waals surface area contributed by atoms with Gasteiger partial charge in [0.1, 0.15) is 0 Å². The van der Waals surface area contributed by atoms with Crippen LogP contribution in [0.15, 0.2) is 0 Å². The topological polar surface area (TPSA) is 52.6 Å². The highest BCUT2D eigenvalue weighted by Crippen LogP contribution is 2.56.